The van der Waals surface area contributed by atoms with Crippen molar-refractivity contribution in [2.75, 3.05) is 5.75 Å². The van der Waals surface area contributed by atoms with Gasteiger partial charge >= 0.3 is 0 Å². The summed E-state index contributed by atoms with van der Waals surface area (Å²) in [6.45, 7) is 8.05. The molecule has 0 aliphatic rings. The lowest BCUT2D eigenvalue weighted by molar-refractivity contribution is -0.131. The summed E-state index contributed by atoms with van der Waals surface area (Å²) in [5.74, 6) is -2.12. The summed E-state index contributed by atoms with van der Waals surface area (Å²) in [6, 6.07) is 0. The molecular formula is C13H25N2O5S-. The van der Waals surface area contributed by atoms with E-state index in [9.17, 15) is 22.6 Å². The fourth-order valence-corrected chi connectivity index (χ4v) is 3.08. The third kappa shape index (κ3) is 6.90. The highest BCUT2D eigenvalue weighted by Gasteiger charge is 2.34. The van der Waals surface area contributed by atoms with Crippen molar-refractivity contribution in [2.24, 2.45) is 17.1 Å². The predicted molar refractivity (Wildman–Crippen MR) is 78.2 cm³/mol. The Hall–Kier alpha value is -1.15. The zero-order valence-corrected chi connectivity index (χ0v) is 14.0. The zero-order chi connectivity index (χ0) is 17.1. The fourth-order valence-electron chi connectivity index (χ4n) is 2.12. The summed E-state index contributed by atoms with van der Waals surface area (Å²) in [4.78, 5) is 23.6. The molecule has 8 heteroatoms. The number of amides is 2. The van der Waals surface area contributed by atoms with Gasteiger partial charge in [-0.1, -0.05) is 20.8 Å². The van der Waals surface area contributed by atoms with Crippen LogP contribution in [0.2, 0.25) is 0 Å². The van der Waals surface area contributed by atoms with Crippen LogP contribution in [0.25, 0.3) is 0 Å². The Labute approximate surface area is 126 Å². The van der Waals surface area contributed by atoms with E-state index in [1.807, 2.05) is 6.92 Å². The van der Waals surface area contributed by atoms with Crippen LogP contribution in [0.5, 0.6) is 0 Å². The molecule has 2 atom stereocenters. The number of rotatable bonds is 8. The number of primary amides is 1. The van der Waals surface area contributed by atoms with Gasteiger partial charge in [-0.25, -0.2) is 8.42 Å². The van der Waals surface area contributed by atoms with Gasteiger partial charge < -0.3 is 15.6 Å². The molecule has 3 N–H and O–H groups in total. The molecule has 21 heavy (non-hydrogen) atoms. The number of carbonyl (C=O) groups is 2. The SMILES string of the molecule is CCC(C)(CC(C)C(=O)NC(C)(C)CS(=O)(=O)[O-])C(N)=O. The van der Waals surface area contributed by atoms with E-state index in [1.165, 1.54) is 13.8 Å². The molecule has 0 aromatic heterocycles. The molecular weight excluding hydrogens is 296 g/mol. The summed E-state index contributed by atoms with van der Waals surface area (Å²) < 4.78 is 32.4. The van der Waals surface area contributed by atoms with E-state index in [1.54, 1.807) is 13.8 Å². The first-order valence-electron chi connectivity index (χ1n) is 6.78. The molecule has 0 saturated heterocycles. The summed E-state index contributed by atoms with van der Waals surface area (Å²) in [5.41, 5.74) is 3.38. The molecule has 2 unspecified atom stereocenters. The maximum atomic E-state index is 12.1. The lowest BCUT2D eigenvalue weighted by atomic mass is 9.78. The highest BCUT2D eigenvalue weighted by molar-refractivity contribution is 7.85. The van der Waals surface area contributed by atoms with Crippen LogP contribution in [-0.4, -0.2) is 36.1 Å². The first kappa shape index (κ1) is 19.9. The van der Waals surface area contributed by atoms with Crippen LogP contribution in [0, 0.1) is 11.3 Å². The summed E-state index contributed by atoms with van der Waals surface area (Å²) in [7, 11) is -4.45. The summed E-state index contributed by atoms with van der Waals surface area (Å²) >= 11 is 0. The number of hydrogen-bond donors (Lipinski definition) is 2. The summed E-state index contributed by atoms with van der Waals surface area (Å²) in [6.07, 6.45) is 0.753. The molecule has 2 amide bonds. The van der Waals surface area contributed by atoms with Crippen LogP contribution in [0.1, 0.15) is 47.5 Å². The number of hydrogen-bond acceptors (Lipinski definition) is 5. The van der Waals surface area contributed by atoms with E-state index in [0.717, 1.165) is 0 Å². The zero-order valence-electron chi connectivity index (χ0n) is 13.2. The molecule has 0 aliphatic carbocycles. The monoisotopic (exact) mass is 321 g/mol. The second kappa shape index (κ2) is 6.74. The molecule has 0 aromatic rings. The minimum Gasteiger partial charge on any atom is -0.748 e. The molecule has 0 radical (unpaired) electrons. The molecule has 0 aliphatic heterocycles. The molecule has 0 heterocycles. The molecule has 0 rings (SSSR count). The van der Waals surface area contributed by atoms with Gasteiger partial charge in [0.25, 0.3) is 0 Å². The second-order valence-electron chi connectivity index (χ2n) is 6.46. The topological polar surface area (TPSA) is 129 Å². The fraction of sp³-hybridized carbons (Fsp3) is 0.846. The maximum absolute atomic E-state index is 12.1. The molecule has 0 bridgehead atoms. The Morgan fingerprint density at radius 2 is 1.76 bits per heavy atom. The van der Waals surface area contributed by atoms with Crippen molar-refractivity contribution in [3.05, 3.63) is 0 Å². The van der Waals surface area contributed by atoms with Crippen LogP contribution in [0.15, 0.2) is 0 Å². The van der Waals surface area contributed by atoms with Gasteiger partial charge in [0, 0.05) is 16.9 Å². The van der Waals surface area contributed by atoms with E-state index in [4.69, 9.17) is 5.73 Å². The van der Waals surface area contributed by atoms with E-state index in [2.05, 4.69) is 5.32 Å². The van der Waals surface area contributed by atoms with E-state index < -0.39 is 44.6 Å². The maximum Gasteiger partial charge on any atom is 0.223 e. The van der Waals surface area contributed by atoms with Crippen molar-refractivity contribution in [1.82, 2.24) is 5.32 Å². The molecule has 7 nitrogen and oxygen atoms in total. The Kier molecular flexibility index (Phi) is 6.37. The van der Waals surface area contributed by atoms with E-state index >= 15 is 0 Å². The van der Waals surface area contributed by atoms with Crippen molar-refractivity contribution in [3.8, 4) is 0 Å². The van der Waals surface area contributed by atoms with Crippen LogP contribution >= 0.6 is 0 Å². The van der Waals surface area contributed by atoms with Gasteiger partial charge in [-0.15, -0.1) is 0 Å². The van der Waals surface area contributed by atoms with Gasteiger partial charge in [-0.05, 0) is 26.7 Å². The van der Waals surface area contributed by atoms with Crippen molar-refractivity contribution in [3.63, 3.8) is 0 Å². The number of carbonyl (C=O) groups excluding carboxylic acids is 2. The third-order valence-electron chi connectivity index (χ3n) is 3.58. The first-order chi connectivity index (χ1) is 9.22. The second-order valence-corrected chi connectivity index (χ2v) is 7.86. The first-order valence-corrected chi connectivity index (χ1v) is 8.35. The van der Waals surface area contributed by atoms with Gasteiger partial charge in [0.1, 0.15) is 0 Å². The van der Waals surface area contributed by atoms with Crippen LogP contribution in [0.3, 0.4) is 0 Å². The van der Waals surface area contributed by atoms with Crippen molar-refractivity contribution in [2.45, 2.75) is 53.0 Å². The number of nitrogens with one attached hydrogen (secondary N) is 1. The lowest BCUT2D eigenvalue weighted by Gasteiger charge is -2.31. The summed E-state index contributed by atoms with van der Waals surface area (Å²) in [5, 5.41) is 2.53. The van der Waals surface area contributed by atoms with Gasteiger partial charge in [-0.2, -0.15) is 0 Å². The van der Waals surface area contributed by atoms with Gasteiger partial charge in [0.15, 0.2) is 0 Å². The molecule has 0 fully saturated rings. The van der Waals surface area contributed by atoms with Crippen molar-refractivity contribution >= 4 is 21.9 Å². The van der Waals surface area contributed by atoms with Crippen LogP contribution in [-0.2, 0) is 19.7 Å². The largest absolute Gasteiger partial charge is 0.748 e. The standard InChI is InChI=1S/C13H26N2O5S/c1-6-13(5,11(14)17)7-9(2)10(16)15-12(3,4)8-21(18,19)20/h9H,6-8H2,1-5H3,(H2,14,17)(H,15,16)(H,18,19,20)/p-1. The molecule has 0 spiro atoms. The smallest absolute Gasteiger partial charge is 0.223 e. The average Bonchev–Trinajstić information content (AvgIpc) is 2.24. The average molecular weight is 321 g/mol. The lowest BCUT2D eigenvalue weighted by Crippen LogP contribution is -2.50. The highest BCUT2D eigenvalue weighted by Crippen LogP contribution is 2.29. The van der Waals surface area contributed by atoms with E-state index in [-0.39, 0.29) is 6.42 Å². The van der Waals surface area contributed by atoms with Gasteiger partial charge in [0.2, 0.25) is 11.8 Å². The molecule has 0 saturated carbocycles. The minimum atomic E-state index is -4.45. The third-order valence-corrected chi connectivity index (χ3v) is 4.65. The van der Waals surface area contributed by atoms with Crippen molar-refractivity contribution in [1.29, 1.82) is 0 Å². The van der Waals surface area contributed by atoms with Gasteiger partial charge in [0.05, 0.1) is 15.9 Å². The normalized spacial score (nSPS) is 16.9. The quantitative estimate of drug-likeness (QED) is 0.623. The van der Waals surface area contributed by atoms with Crippen molar-refractivity contribution < 1.29 is 22.6 Å². The van der Waals surface area contributed by atoms with Gasteiger partial charge in [-0.3, -0.25) is 9.59 Å². The Morgan fingerprint density at radius 1 is 1.29 bits per heavy atom. The predicted octanol–water partition coefficient (Wildman–Crippen LogP) is 0.354. The Morgan fingerprint density at radius 3 is 2.10 bits per heavy atom. The highest BCUT2D eigenvalue weighted by atomic mass is 32.2. The molecule has 0 aromatic carbocycles. The molecule has 124 valence electrons. The Balaban J connectivity index is 4.84. The number of nitrogens with two attached hydrogens (primary N) is 1. The Bertz CT molecular complexity index is 501. The van der Waals surface area contributed by atoms with Crippen LogP contribution < -0.4 is 11.1 Å². The minimum absolute atomic E-state index is 0.255. The van der Waals surface area contributed by atoms with E-state index in [0.29, 0.717) is 6.42 Å². The van der Waals surface area contributed by atoms with Crippen LogP contribution in [0.4, 0.5) is 0 Å².